The molecule has 1 aromatic carbocycles. The minimum absolute atomic E-state index is 0.0578. The van der Waals surface area contributed by atoms with Gasteiger partial charge in [-0.2, -0.15) is 0 Å². The van der Waals surface area contributed by atoms with Crippen LogP contribution in [0.15, 0.2) is 58.2 Å². The van der Waals surface area contributed by atoms with E-state index in [2.05, 4.69) is 15.2 Å². The Hall–Kier alpha value is -2.44. The maximum Gasteiger partial charge on any atom is 0.241 e. The molecule has 3 aromatic rings. The lowest BCUT2D eigenvalue weighted by atomic mass is 10.1. The van der Waals surface area contributed by atoms with E-state index in [4.69, 9.17) is 4.42 Å². The second kappa shape index (κ2) is 7.21. The van der Waals surface area contributed by atoms with Gasteiger partial charge in [0.05, 0.1) is 29.8 Å². The summed E-state index contributed by atoms with van der Waals surface area (Å²) in [5.74, 6) is 0.0578. The SMILES string of the molecule is O=C(Nc1ccc(-c2cscn2)cc1)[C@@H]1CCCN1Cc1ccoc1. The molecule has 6 heteroatoms. The summed E-state index contributed by atoms with van der Waals surface area (Å²) in [6.07, 6.45) is 5.34. The normalized spacial score (nSPS) is 17.7. The second-order valence-corrected chi connectivity index (χ2v) is 6.92. The molecule has 1 fully saturated rings. The van der Waals surface area contributed by atoms with Gasteiger partial charge in [0, 0.05) is 28.7 Å². The fourth-order valence-electron chi connectivity index (χ4n) is 3.23. The first kappa shape index (κ1) is 16.1. The van der Waals surface area contributed by atoms with Gasteiger partial charge >= 0.3 is 0 Å². The van der Waals surface area contributed by atoms with Crippen molar-refractivity contribution in [2.24, 2.45) is 0 Å². The molecule has 3 heterocycles. The molecule has 1 amide bonds. The van der Waals surface area contributed by atoms with E-state index in [1.807, 2.05) is 41.2 Å². The van der Waals surface area contributed by atoms with Crippen molar-refractivity contribution in [3.63, 3.8) is 0 Å². The van der Waals surface area contributed by atoms with Crippen LogP contribution in [0, 0.1) is 0 Å². The number of thiazole rings is 1. The zero-order valence-electron chi connectivity index (χ0n) is 13.7. The van der Waals surface area contributed by atoms with Crippen LogP contribution in [0.25, 0.3) is 11.3 Å². The van der Waals surface area contributed by atoms with Crippen molar-refractivity contribution in [3.8, 4) is 11.3 Å². The third kappa shape index (κ3) is 3.65. The van der Waals surface area contributed by atoms with Crippen LogP contribution >= 0.6 is 11.3 Å². The molecular formula is C19H19N3O2S. The van der Waals surface area contributed by atoms with Gasteiger partial charge in [-0.05, 0) is 37.6 Å². The zero-order chi connectivity index (χ0) is 17.1. The summed E-state index contributed by atoms with van der Waals surface area (Å²) in [6, 6.07) is 9.70. The molecule has 1 aliphatic rings. The molecule has 0 radical (unpaired) electrons. The molecule has 0 spiro atoms. The largest absolute Gasteiger partial charge is 0.472 e. The Bertz CT molecular complexity index is 813. The lowest BCUT2D eigenvalue weighted by molar-refractivity contribution is -0.120. The van der Waals surface area contributed by atoms with E-state index in [-0.39, 0.29) is 11.9 Å². The Morgan fingerprint density at radius 3 is 2.92 bits per heavy atom. The minimum atomic E-state index is -0.0897. The van der Waals surface area contributed by atoms with E-state index in [9.17, 15) is 4.79 Å². The fraction of sp³-hybridized carbons (Fsp3) is 0.263. The standard InChI is InChI=1S/C19H19N3O2S/c23-19(18-2-1-8-22(18)10-14-7-9-24-11-14)21-16-5-3-15(4-6-16)17-12-25-13-20-17/h3-7,9,11-13,18H,1-2,8,10H2,(H,21,23)/t18-/m0/s1. The Morgan fingerprint density at radius 1 is 1.32 bits per heavy atom. The number of amides is 1. The number of hydrogen-bond acceptors (Lipinski definition) is 5. The maximum atomic E-state index is 12.7. The Kier molecular flexibility index (Phi) is 4.63. The number of anilines is 1. The van der Waals surface area contributed by atoms with Crippen molar-refractivity contribution in [3.05, 3.63) is 59.3 Å². The number of hydrogen-bond donors (Lipinski definition) is 1. The zero-order valence-corrected chi connectivity index (χ0v) is 14.5. The lowest BCUT2D eigenvalue weighted by Crippen LogP contribution is -2.39. The number of carbonyl (C=O) groups is 1. The van der Waals surface area contributed by atoms with Crippen LogP contribution in [0.3, 0.4) is 0 Å². The van der Waals surface area contributed by atoms with Crippen LogP contribution in [0.1, 0.15) is 18.4 Å². The quantitative estimate of drug-likeness (QED) is 0.753. The van der Waals surface area contributed by atoms with Gasteiger partial charge in [0.1, 0.15) is 0 Å². The Morgan fingerprint density at radius 2 is 2.20 bits per heavy atom. The van der Waals surface area contributed by atoms with Crippen LogP contribution < -0.4 is 5.32 Å². The third-order valence-corrected chi connectivity index (χ3v) is 5.10. The molecule has 1 aliphatic heterocycles. The van der Waals surface area contributed by atoms with E-state index in [0.717, 1.165) is 48.4 Å². The number of aromatic nitrogens is 1. The van der Waals surface area contributed by atoms with E-state index >= 15 is 0 Å². The molecule has 5 nitrogen and oxygen atoms in total. The predicted octanol–water partition coefficient (Wildman–Crippen LogP) is 4.01. The monoisotopic (exact) mass is 353 g/mol. The summed E-state index contributed by atoms with van der Waals surface area (Å²) in [4.78, 5) is 19.2. The van der Waals surface area contributed by atoms with Gasteiger partial charge in [-0.15, -0.1) is 11.3 Å². The molecule has 1 N–H and O–H groups in total. The van der Waals surface area contributed by atoms with Gasteiger partial charge in [0.15, 0.2) is 0 Å². The minimum Gasteiger partial charge on any atom is -0.472 e. The van der Waals surface area contributed by atoms with Gasteiger partial charge in [0.2, 0.25) is 5.91 Å². The maximum absolute atomic E-state index is 12.7. The van der Waals surface area contributed by atoms with Crippen LogP contribution in [-0.4, -0.2) is 28.4 Å². The van der Waals surface area contributed by atoms with Crippen molar-refractivity contribution in [1.29, 1.82) is 0 Å². The summed E-state index contributed by atoms with van der Waals surface area (Å²) in [5.41, 5.74) is 5.76. The van der Waals surface area contributed by atoms with Crippen LogP contribution in [0.4, 0.5) is 5.69 Å². The highest BCUT2D eigenvalue weighted by molar-refractivity contribution is 7.07. The molecule has 2 aromatic heterocycles. The average molecular weight is 353 g/mol. The summed E-state index contributed by atoms with van der Waals surface area (Å²) < 4.78 is 5.13. The van der Waals surface area contributed by atoms with Crippen molar-refractivity contribution < 1.29 is 9.21 Å². The second-order valence-electron chi connectivity index (χ2n) is 6.20. The predicted molar refractivity (Wildman–Crippen MR) is 98.3 cm³/mol. The van der Waals surface area contributed by atoms with Crippen molar-refractivity contribution in [2.75, 3.05) is 11.9 Å². The number of furan rings is 1. The molecular weight excluding hydrogens is 334 g/mol. The van der Waals surface area contributed by atoms with E-state index in [0.29, 0.717) is 0 Å². The Balaban J connectivity index is 1.40. The first-order valence-corrected chi connectivity index (χ1v) is 9.28. The molecule has 25 heavy (non-hydrogen) atoms. The van der Waals surface area contributed by atoms with Gasteiger partial charge in [-0.1, -0.05) is 12.1 Å². The van der Waals surface area contributed by atoms with E-state index in [1.165, 1.54) is 0 Å². The van der Waals surface area contributed by atoms with E-state index < -0.39 is 0 Å². The number of nitrogens with one attached hydrogen (secondary N) is 1. The molecule has 4 rings (SSSR count). The highest BCUT2D eigenvalue weighted by Gasteiger charge is 2.30. The summed E-state index contributed by atoms with van der Waals surface area (Å²) in [7, 11) is 0. The summed E-state index contributed by atoms with van der Waals surface area (Å²) >= 11 is 1.57. The van der Waals surface area contributed by atoms with Gasteiger partial charge in [-0.25, -0.2) is 4.98 Å². The van der Waals surface area contributed by atoms with Crippen molar-refractivity contribution >= 4 is 22.9 Å². The van der Waals surface area contributed by atoms with Gasteiger partial charge in [-0.3, -0.25) is 9.69 Å². The molecule has 128 valence electrons. The number of nitrogens with zero attached hydrogens (tertiary/aromatic N) is 2. The van der Waals surface area contributed by atoms with Gasteiger partial charge < -0.3 is 9.73 Å². The van der Waals surface area contributed by atoms with Gasteiger partial charge in [0.25, 0.3) is 0 Å². The highest BCUT2D eigenvalue weighted by Crippen LogP contribution is 2.24. The number of likely N-dealkylation sites (tertiary alicyclic amines) is 1. The van der Waals surface area contributed by atoms with Crippen molar-refractivity contribution in [2.45, 2.75) is 25.4 Å². The number of rotatable bonds is 5. The molecule has 1 saturated heterocycles. The van der Waals surface area contributed by atoms with E-state index in [1.54, 1.807) is 23.9 Å². The molecule has 0 bridgehead atoms. The van der Waals surface area contributed by atoms with Crippen LogP contribution in [0.2, 0.25) is 0 Å². The highest BCUT2D eigenvalue weighted by atomic mass is 32.1. The third-order valence-electron chi connectivity index (χ3n) is 4.51. The van der Waals surface area contributed by atoms with Crippen LogP contribution in [-0.2, 0) is 11.3 Å². The average Bonchev–Trinajstić information content (AvgIpc) is 3.39. The summed E-state index contributed by atoms with van der Waals surface area (Å²) in [6.45, 7) is 1.68. The molecule has 0 unspecified atom stereocenters. The Labute approximate surface area is 150 Å². The topological polar surface area (TPSA) is 58.4 Å². The fourth-order valence-corrected chi connectivity index (χ4v) is 3.80. The summed E-state index contributed by atoms with van der Waals surface area (Å²) in [5, 5.41) is 5.06. The molecule has 1 atom stereocenters. The van der Waals surface area contributed by atoms with Crippen LogP contribution in [0.5, 0.6) is 0 Å². The van der Waals surface area contributed by atoms with Crippen molar-refractivity contribution in [1.82, 2.24) is 9.88 Å². The molecule has 0 aliphatic carbocycles. The lowest BCUT2D eigenvalue weighted by Gasteiger charge is -2.23. The molecule has 0 saturated carbocycles. The smallest absolute Gasteiger partial charge is 0.241 e. The number of carbonyl (C=O) groups excluding carboxylic acids is 1. The number of benzene rings is 1. The first-order chi connectivity index (χ1) is 12.3. The first-order valence-electron chi connectivity index (χ1n) is 8.34.